The number of nitrogens with zero attached hydrogens (tertiary/aromatic N) is 5. The Kier molecular flexibility index (Phi) is 5.00. The molecule has 0 radical (unpaired) electrons. The Bertz CT molecular complexity index is 498. The molecule has 19 heavy (non-hydrogen) atoms. The smallest absolute Gasteiger partial charge is 0.329 e. The van der Waals surface area contributed by atoms with Crippen molar-refractivity contribution < 1.29 is 4.92 Å². The van der Waals surface area contributed by atoms with E-state index in [2.05, 4.69) is 21.4 Å². The Hall–Kier alpha value is -2.43. The molecule has 8 nitrogen and oxygen atoms in total. The second-order valence-corrected chi connectivity index (χ2v) is 4.10. The van der Waals surface area contributed by atoms with Gasteiger partial charge in [-0.25, -0.2) is 4.98 Å². The van der Waals surface area contributed by atoms with Gasteiger partial charge in [0.05, 0.1) is 16.9 Å². The van der Waals surface area contributed by atoms with Crippen molar-refractivity contribution in [1.29, 1.82) is 5.26 Å². The zero-order valence-electron chi connectivity index (χ0n) is 11.1. The summed E-state index contributed by atoms with van der Waals surface area (Å²) in [7, 11) is 1.67. The Morgan fingerprint density at radius 1 is 1.68 bits per heavy atom. The molecule has 0 fully saturated rings. The number of nitro groups is 1. The number of rotatable bonds is 6. The lowest BCUT2D eigenvalue weighted by atomic mass is 10.2. The van der Waals surface area contributed by atoms with E-state index in [0.717, 1.165) is 0 Å². The zero-order chi connectivity index (χ0) is 14.4. The van der Waals surface area contributed by atoms with E-state index in [-0.39, 0.29) is 17.4 Å². The second-order valence-electron chi connectivity index (χ2n) is 4.10. The summed E-state index contributed by atoms with van der Waals surface area (Å²) >= 11 is 0. The van der Waals surface area contributed by atoms with Gasteiger partial charge in [0.25, 0.3) is 0 Å². The van der Waals surface area contributed by atoms with Crippen LogP contribution in [0, 0.1) is 27.4 Å². The molecule has 1 N–H and O–H groups in total. The first-order valence-corrected chi connectivity index (χ1v) is 5.85. The van der Waals surface area contributed by atoms with Crippen molar-refractivity contribution in [3.63, 3.8) is 0 Å². The summed E-state index contributed by atoms with van der Waals surface area (Å²) in [6, 6.07) is 2.08. The molecule has 1 unspecified atom stereocenters. The van der Waals surface area contributed by atoms with Gasteiger partial charge in [-0.05, 0) is 13.8 Å². The summed E-state index contributed by atoms with van der Waals surface area (Å²) < 4.78 is 0. The predicted octanol–water partition coefficient (Wildman–Crippen LogP) is 1.41. The van der Waals surface area contributed by atoms with E-state index in [0.29, 0.717) is 19.0 Å². The van der Waals surface area contributed by atoms with Gasteiger partial charge in [0.1, 0.15) is 6.20 Å². The van der Waals surface area contributed by atoms with Crippen LogP contribution in [-0.2, 0) is 0 Å². The lowest BCUT2D eigenvalue weighted by Gasteiger charge is -2.19. The van der Waals surface area contributed by atoms with E-state index in [1.54, 1.807) is 18.9 Å². The minimum Gasteiger partial charge on any atom is -0.354 e. The van der Waals surface area contributed by atoms with Crippen molar-refractivity contribution in [3.05, 3.63) is 16.3 Å². The Morgan fingerprint density at radius 3 is 2.89 bits per heavy atom. The molecule has 1 aromatic heterocycles. The van der Waals surface area contributed by atoms with Gasteiger partial charge in [0, 0.05) is 20.1 Å². The third kappa shape index (κ3) is 3.77. The van der Waals surface area contributed by atoms with Crippen LogP contribution in [0.25, 0.3) is 0 Å². The van der Waals surface area contributed by atoms with E-state index < -0.39 is 4.92 Å². The molecule has 0 aliphatic heterocycles. The molecule has 0 spiro atoms. The monoisotopic (exact) mass is 264 g/mol. The standard InChI is InChI=1S/C11H16N6O2/c1-4-13-11-14-6-9(17(18)19)10(15-11)16(3)7-8(2)5-12/h6,8H,4,7H2,1-3H3,(H,13,14,15). The van der Waals surface area contributed by atoms with Crippen molar-refractivity contribution in [1.82, 2.24) is 9.97 Å². The molecule has 0 saturated carbocycles. The first kappa shape index (κ1) is 14.6. The number of nitrogens with one attached hydrogen (secondary N) is 1. The number of aromatic nitrogens is 2. The normalized spacial score (nSPS) is 11.5. The lowest BCUT2D eigenvalue weighted by Crippen LogP contribution is -2.25. The van der Waals surface area contributed by atoms with Gasteiger partial charge in [0.15, 0.2) is 0 Å². The maximum atomic E-state index is 11.0. The van der Waals surface area contributed by atoms with E-state index in [4.69, 9.17) is 5.26 Å². The van der Waals surface area contributed by atoms with Gasteiger partial charge < -0.3 is 10.2 Å². The van der Waals surface area contributed by atoms with E-state index in [9.17, 15) is 10.1 Å². The summed E-state index contributed by atoms with van der Waals surface area (Å²) in [6.45, 7) is 4.61. The van der Waals surface area contributed by atoms with Crippen molar-refractivity contribution in [3.8, 4) is 6.07 Å². The van der Waals surface area contributed by atoms with Crippen LogP contribution in [0.4, 0.5) is 17.5 Å². The molecule has 0 aromatic carbocycles. The third-order valence-corrected chi connectivity index (χ3v) is 2.41. The zero-order valence-corrected chi connectivity index (χ0v) is 11.1. The van der Waals surface area contributed by atoms with Gasteiger partial charge in [-0.2, -0.15) is 10.2 Å². The van der Waals surface area contributed by atoms with Gasteiger partial charge in [-0.3, -0.25) is 10.1 Å². The fourth-order valence-electron chi connectivity index (χ4n) is 1.56. The Morgan fingerprint density at radius 2 is 2.37 bits per heavy atom. The van der Waals surface area contributed by atoms with Gasteiger partial charge in [0.2, 0.25) is 11.8 Å². The van der Waals surface area contributed by atoms with Crippen LogP contribution in [0.3, 0.4) is 0 Å². The number of hydrogen-bond acceptors (Lipinski definition) is 7. The van der Waals surface area contributed by atoms with Crippen LogP contribution in [0.15, 0.2) is 6.20 Å². The SMILES string of the molecule is CCNc1ncc([N+](=O)[O-])c(N(C)CC(C)C#N)n1. The van der Waals surface area contributed by atoms with Crippen LogP contribution in [0.1, 0.15) is 13.8 Å². The largest absolute Gasteiger partial charge is 0.354 e. The Labute approximate surface area is 111 Å². The molecule has 1 atom stereocenters. The van der Waals surface area contributed by atoms with Crippen molar-refractivity contribution in [2.24, 2.45) is 5.92 Å². The molecule has 102 valence electrons. The molecule has 1 heterocycles. The van der Waals surface area contributed by atoms with Gasteiger partial charge >= 0.3 is 5.69 Å². The topological polar surface area (TPSA) is 108 Å². The van der Waals surface area contributed by atoms with Crippen LogP contribution >= 0.6 is 0 Å². The summed E-state index contributed by atoms with van der Waals surface area (Å²) in [4.78, 5) is 20.0. The fourth-order valence-corrected chi connectivity index (χ4v) is 1.56. The van der Waals surface area contributed by atoms with Crippen molar-refractivity contribution in [2.45, 2.75) is 13.8 Å². The van der Waals surface area contributed by atoms with E-state index in [1.165, 1.54) is 6.20 Å². The molecular formula is C11H16N6O2. The molecule has 1 aromatic rings. The van der Waals surface area contributed by atoms with E-state index >= 15 is 0 Å². The maximum absolute atomic E-state index is 11.0. The first-order valence-electron chi connectivity index (χ1n) is 5.85. The number of anilines is 2. The Balaban J connectivity index is 3.10. The van der Waals surface area contributed by atoms with Crippen LogP contribution in [0.2, 0.25) is 0 Å². The summed E-state index contributed by atoms with van der Waals surface area (Å²) in [6.07, 6.45) is 1.17. The highest BCUT2D eigenvalue weighted by molar-refractivity contribution is 5.58. The van der Waals surface area contributed by atoms with Gasteiger partial charge in [-0.15, -0.1) is 0 Å². The second kappa shape index (κ2) is 6.49. The molecule has 1 rings (SSSR count). The fraction of sp³-hybridized carbons (Fsp3) is 0.545. The van der Waals surface area contributed by atoms with Crippen LogP contribution < -0.4 is 10.2 Å². The lowest BCUT2D eigenvalue weighted by molar-refractivity contribution is -0.384. The average Bonchev–Trinajstić information content (AvgIpc) is 2.38. The highest BCUT2D eigenvalue weighted by Gasteiger charge is 2.21. The molecule has 0 bridgehead atoms. The minimum absolute atomic E-state index is 0.172. The third-order valence-electron chi connectivity index (χ3n) is 2.41. The number of nitriles is 1. The molecular weight excluding hydrogens is 248 g/mol. The van der Waals surface area contributed by atoms with Crippen LogP contribution in [0.5, 0.6) is 0 Å². The average molecular weight is 264 g/mol. The minimum atomic E-state index is -0.529. The molecule has 0 saturated heterocycles. The molecule has 0 aliphatic carbocycles. The van der Waals surface area contributed by atoms with Crippen molar-refractivity contribution in [2.75, 3.05) is 30.4 Å². The maximum Gasteiger partial charge on any atom is 0.329 e. The molecule has 0 aliphatic rings. The quantitative estimate of drug-likeness (QED) is 0.611. The van der Waals surface area contributed by atoms with E-state index in [1.807, 2.05) is 6.92 Å². The van der Waals surface area contributed by atoms with Gasteiger partial charge in [-0.1, -0.05) is 0 Å². The summed E-state index contributed by atoms with van der Waals surface area (Å²) in [5, 5.41) is 22.7. The summed E-state index contributed by atoms with van der Waals surface area (Å²) in [5.41, 5.74) is -0.172. The highest BCUT2D eigenvalue weighted by atomic mass is 16.6. The highest BCUT2D eigenvalue weighted by Crippen LogP contribution is 2.25. The number of hydrogen-bond donors (Lipinski definition) is 1. The predicted molar refractivity (Wildman–Crippen MR) is 70.9 cm³/mol. The molecule has 8 heteroatoms. The van der Waals surface area contributed by atoms with Crippen molar-refractivity contribution >= 4 is 17.5 Å². The first-order chi connectivity index (χ1) is 8.99. The van der Waals surface area contributed by atoms with Crippen LogP contribution in [-0.4, -0.2) is 35.0 Å². The summed E-state index contributed by atoms with van der Waals surface area (Å²) in [5.74, 6) is 0.291. The molecule has 0 amide bonds.